The second kappa shape index (κ2) is 5.29. The molecule has 1 heterocycles. The predicted octanol–water partition coefficient (Wildman–Crippen LogP) is 3.98. The van der Waals surface area contributed by atoms with Crippen molar-refractivity contribution >= 4 is 33.2 Å². The minimum Gasteiger partial charge on any atom is -0.384 e. The van der Waals surface area contributed by atoms with Crippen molar-refractivity contribution in [3.05, 3.63) is 57.6 Å². The number of carbonyl (C=O) groups is 1. The highest BCUT2D eigenvalue weighted by atomic mass is 79.9. The van der Waals surface area contributed by atoms with E-state index in [0.717, 1.165) is 34.4 Å². The van der Waals surface area contributed by atoms with E-state index in [4.69, 9.17) is 0 Å². The highest BCUT2D eigenvalue weighted by Gasteiger charge is 2.14. The number of fused-ring (bicyclic) bond motifs is 1. The molecule has 0 atom stereocenters. The number of rotatable bonds is 2. The van der Waals surface area contributed by atoms with E-state index in [-0.39, 0.29) is 5.91 Å². The van der Waals surface area contributed by atoms with E-state index in [0.29, 0.717) is 5.56 Å². The number of hydrogen-bond acceptors (Lipinski definition) is 2. The van der Waals surface area contributed by atoms with Crippen LogP contribution in [0.2, 0.25) is 0 Å². The van der Waals surface area contributed by atoms with Crippen molar-refractivity contribution in [3.8, 4) is 0 Å². The first-order valence-electron chi connectivity index (χ1n) is 6.58. The van der Waals surface area contributed by atoms with Gasteiger partial charge >= 0.3 is 0 Å². The number of carbonyl (C=O) groups excluding carboxylic acids is 1. The first-order chi connectivity index (χ1) is 9.63. The first kappa shape index (κ1) is 13.2. The van der Waals surface area contributed by atoms with Crippen LogP contribution in [0.15, 0.2) is 40.9 Å². The van der Waals surface area contributed by atoms with Crippen LogP contribution in [-0.4, -0.2) is 12.5 Å². The van der Waals surface area contributed by atoms with Crippen LogP contribution >= 0.6 is 15.9 Å². The molecule has 2 aromatic rings. The lowest BCUT2D eigenvalue weighted by Crippen LogP contribution is -2.12. The molecule has 0 aliphatic carbocycles. The third kappa shape index (κ3) is 2.56. The third-order valence-electron chi connectivity index (χ3n) is 3.45. The second-order valence-corrected chi connectivity index (χ2v) is 5.84. The Balaban J connectivity index is 1.82. The standard InChI is InChI=1S/C16H15BrN2O/c1-10-2-4-15(13(17)8-10)19-16(20)12-3-5-14-11(9-12)6-7-18-14/h2-5,8-9,18H,6-7H2,1H3,(H,19,20). The van der Waals surface area contributed by atoms with Crippen molar-refractivity contribution in [2.75, 3.05) is 17.2 Å². The van der Waals surface area contributed by atoms with Gasteiger partial charge in [0.15, 0.2) is 0 Å². The maximum atomic E-state index is 12.3. The molecule has 0 unspecified atom stereocenters. The second-order valence-electron chi connectivity index (χ2n) is 4.99. The smallest absolute Gasteiger partial charge is 0.255 e. The predicted molar refractivity (Wildman–Crippen MR) is 85.5 cm³/mol. The molecule has 3 rings (SSSR count). The fourth-order valence-corrected chi connectivity index (χ4v) is 2.95. The Hall–Kier alpha value is -1.81. The molecule has 0 bridgehead atoms. The SMILES string of the molecule is Cc1ccc(NC(=O)c2ccc3c(c2)CCN3)c(Br)c1. The largest absolute Gasteiger partial charge is 0.384 e. The monoisotopic (exact) mass is 330 g/mol. The molecule has 0 saturated carbocycles. The quantitative estimate of drug-likeness (QED) is 0.874. The van der Waals surface area contributed by atoms with Gasteiger partial charge in [0.1, 0.15) is 0 Å². The zero-order valence-corrected chi connectivity index (χ0v) is 12.8. The zero-order valence-electron chi connectivity index (χ0n) is 11.2. The average molecular weight is 331 g/mol. The Bertz CT molecular complexity index is 682. The lowest BCUT2D eigenvalue weighted by Gasteiger charge is -2.09. The maximum absolute atomic E-state index is 12.3. The molecular formula is C16H15BrN2O. The van der Waals surface area contributed by atoms with Crippen molar-refractivity contribution in [1.82, 2.24) is 0 Å². The van der Waals surface area contributed by atoms with Gasteiger partial charge in [-0.15, -0.1) is 0 Å². The number of halogens is 1. The number of anilines is 2. The molecule has 4 heteroatoms. The van der Waals surface area contributed by atoms with Gasteiger partial charge in [0.2, 0.25) is 0 Å². The van der Waals surface area contributed by atoms with Crippen LogP contribution in [0.25, 0.3) is 0 Å². The number of nitrogens with one attached hydrogen (secondary N) is 2. The van der Waals surface area contributed by atoms with E-state index in [2.05, 4.69) is 26.6 Å². The Morgan fingerprint density at radius 1 is 1.25 bits per heavy atom. The fourth-order valence-electron chi connectivity index (χ4n) is 2.36. The zero-order chi connectivity index (χ0) is 14.1. The number of aryl methyl sites for hydroxylation is 1. The summed E-state index contributed by atoms with van der Waals surface area (Å²) in [5.41, 5.74) is 4.98. The fraction of sp³-hybridized carbons (Fsp3) is 0.188. The minimum absolute atomic E-state index is 0.0794. The van der Waals surface area contributed by atoms with Crippen molar-refractivity contribution < 1.29 is 4.79 Å². The van der Waals surface area contributed by atoms with Crippen molar-refractivity contribution in [2.45, 2.75) is 13.3 Å². The summed E-state index contributed by atoms with van der Waals surface area (Å²) in [5, 5.41) is 6.23. The minimum atomic E-state index is -0.0794. The lowest BCUT2D eigenvalue weighted by atomic mass is 10.1. The summed E-state index contributed by atoms with van der Waals surface area (Å²) in [6.07, 6.45) is 0.977. The molecule has 2 N–H and O–H groups in total. The van der Waals surface area contributed by atoms with Gasteiger partial charge in [-0.25, -0.2) is 0 Å². The van der Waals surface area contributed by atoms with Crippen LogP contribution in [0, 0.1) is 6.92 Å². The van der Waals surface area contributed by atoms with Gasteiger partial charge in [0.05, 0.1) is 5.69 Å². The van der Waals surface area contributed by atoms with Gasteiger partial charge in [-0.3, -0.25) is 4.79 Å². The number of hydrogen-bond donors (Lipinski definition) is 2. The van der Waals surface area contributed by atoms with E-state index in [1.807, 2.05) is 43.3 Å². The molecular weight excluding hydrogens is 316 g/mol. The molecule has 3 nitrogen and oxygen atoms in total. The van der Waals surface area contributed by atoms with E-state index >= 15 is 0 Å². The third-order valence-corrected chi connectivity index (χ3v) is 4.11. The molecule has 0 spiro atoms. The van der Waals surface area contributed by atoms with Gasteiger partial charge in [0.25, 0.3) is 5.91 Å². The summed E-state index contributed by atoms with van der Waals surface area (Å²) in [6, 6.07) is 11.7. The molecule has 0 aromatic heterocycles. The summed E-state index contributed by atoms with van der Waals surface area (Å²) in [6.45, 7) is 2.97. The summed E-state index contributed by atoms with van der Waals surface area (Å²) in [5.74, 6) is -0.0794. The van der Waals surface area contributed by atoms with Crippen LogP contribution < -0.4 is 10.6 Å². The lowest BCUT2D eigenvalue weighted by molar-refractivity contribution is 0.102. The van der Waals surface area contributed by atoms with E-state index in [1.54, 1.807) is 0 Å². The normalized spacial score (nSPS) is 12.7. The van der Waals surface area contributed by atoms with Crippen LogP contribution in [0.5, 0.6) is 0 Å². The summed E-state index contributed by atoms with van der Waals surface area (Å²) < 4.78 is 0.897. The van der Waals surface area contributed by atoms with Gasteiger partial charge in [-0.05, 0) is 70.7 Å². The summed E-state index contributed by atoms with van der Waals surface area (Å²) >= 11 is 3.47. The molecule has 1 aliphatic heterocycles. The van der Waals surface area contributed by atoms with Crippen LogP contribution in [-0.2, 0) is 6.42 Å². The van der Waals surface area contributed by atoms with Gasteiger partial charge in [-0.2, -0.15) is 0 Å². The van der Waals surface area contributed by atoms with Gasteiger partial charge in [-0.1, -0.05) is 6.07 Å². The topological polar surface area (TPSA) is 41.1 Å². The van der Waals surface area contributed by atoms with Crippen molar-refractivity contribution in [1.29, 1.82) is 0 Å². The maximum Gasteiger partial charge on any atom is 0.255 e. The molecule has 0 fully saturated rings. The van der Waals surface area contributed by atoms with Gasteiger partial charge < -0.3 is 10.6 Å². The first-order valence-corrected chi connectivity index (χ1v) is 7.37. The summed E-state index contributed by atoms with van der Waals surface area (Å²) in [7, 11) is 0. The molecule has 2 aromatic carbocycles. The van der Waals surface area contributed by atoms with E-state index < -0.39 is 0 Å². The highest BCUT2D eigenvalue weighted by Crippen LogP contribution is 2.26. The molecule has 1 aliphatic rings. The molecule has 0 saturated heterocycles. The molecule has 20 heavy (non-hydrogen) atoms. The van der Waals surface area contributed by atoms with Crippen molar-refractivity contribution in [3.63, 3.8) is 0 Å². The Morgan fingerprint density at radius 2 is 2.10 bits per heavy atom. The van der Waals surface area contributed by atoms with Crippen LogP contribution in [0.3, 0.4) is 0 Å². The Morgan fingerprint density at radius 3 is 2.90 bits per heavy atom. The average Bonchev–Trinajstić information content (AvgIpc) is 2.89. The van der Waals surface area contributed by atoms with E-state index in [1.165, 1.54) is 5.56 Å². The Kier molecular flexibility index (Phi) is 3.49. The van der Waals surface area contributed by atoms with Crippen LogP contribution in [0.4, 0.5) is 11.4 Å². The number of benzene rings is 2. The number of amides is 1. The molecule has 102 valence electrons. The van der Waals surface area contributed by atoms with E-state index in [9.17, 15) is 4.79 Å². The summed E-state index contributed by atoms with van der Waals surface area (Å²) in [4.78, 5) is 12.3. The van der Waals surface area contributed by atoms with Crippen molar-refractivity contribution in [2.24, 2.45) is 0 Å². The molecule has 0 radical (unpaired) electrons. The highest BCUT2D eigenvalue weighted by molar-refractivity contribution is 9.10. The van der Waals surface area contributed by atoms with Crippen LogP contribution in [0.1, 0.15) is 21.5 Å². The Labute approximate surface area is 126 Å². The molecule has 1 amide bonds. The van der Waals surface area contributed by atoms with Gasteiger partial charge in [0, 0.05) is 22.3 Å².